The molecule has 1 aromatic heterocycles. The Morgan fingerprint density at radius 3 is 2.65 bits per heavy atom. The van der Waals surface area contributed by atoms with E-state index in [4.69, 9.17) is 11.6 Å². The summed E-state index contributed by atoms with van der Waals surface area (Å²) >= 11 is 5.78. The average Bonchev–Trinajstić information content (AvgIpc) is 2.44. The number of hydrogen-bond donors (Lipinski definition) is 2. The summed E-state index contributed by atoms with van der Waals surface area (Å²) in [5, 5.41) is 6.46. The van der Waals surface area contributed by atoms with Crippen molar-refractivity contribution in [2.24, 2.45) is 0 Å². The fraction of sp³-hybridized carbons (Fsp3) is 0.200. The van der Waals surface area contributed by atoms with Gasteiger partial charge in [-0.05, 0) is 31.2 Å². The van der Waals surface area contributed by atoms with Crippen molar-refractivity contribution in [3.8, 4) is 0 Å². The van der Waals surface area contributed by atoms with Crippen LogP contribution in [0.4, 0.5) is 5.69 Å². The lowest BCUT2D eigenvalue weighted by Crippen LogP contribution is -2.28. The highest BCUT2D eigenvalue weighted by molar-refractivity contribution is 6.29. The number of carbonyl (C=O) groups excluding carboxylic acids is 1. The predicted octanol–water partition coefficient (Wildman–Crippen LogP) is 2.89. The number of carbonyl (C=O) groups is 1. The SMILES string of the molecule is Cc1ccc(C(=O)NCCNc2ccnc(Cl)c2)cc1. The van der Waals surface area contributed by atoms with Crippen molar-refractivity contribution in [3.05, 3.63) is 58.9 Å². The van der Waals surface area contributed by atoms with E-state index in [1.54, 1.807) is 12.3 Å². The molecule has 1 amide bonds. The molecule has 0 fully saturated rings. The number of nitrogens with one attached hydrogen (secondary N) is 2. The van der Waals surface area contributed by atoms with Gasteiger partial charge in [-0.25, -0.2) is 4.98 Å². The Kier molecular flexibility index (Phi) is 4.96. The Morgan fingerprint density at radius 2 is 1.95 bits per heavy atom. The van der Waals surface area contributed by atoms with Crippen LogP contribution in [0.15, 0.2) is 42.6 Å². The third-order valence-electron chi connectivity index (χ3n) is 2.78. The first-order valence-corrected chi connectivity index (χ1v) is 6.73. The Bertz CT molecular complexity index is 584. The molecule has 2 N–H and O–H groups in total. The molecular formula is C15H16ClN3O. The van der Waals surface area contributed by atoms with Gasteiger partial charge in [0.1, 0.15) is 5.15 Å². The minimum absolute atomic E-state index is 0.0699. The zero-order valence-corrected chi connectivity index (χ0v) is 11.9. The van der Waals surface area contributed by atoms with E-state index in [0.29, 0.717) is 23.8 Å². The summed E-state index contributed by atoms with van der Waals surface area (Å²) < 4.78 is 0. The van der Waals surface area contributed by atoms with Crippen molar-refractivity contribution in [1.82, 2.24) is 10.3 Å². The Hall–Kier alpha value is -2.07. The number of pyridine rings is 1. The second kappa shape index (κ2) is 6.91. The van der Waals surface area contributed by atoms with E-state index in [2.05, 4.69) is 15.6 Å². The van der Waals surface area contributed by atoms with E-state index in [-0.39, 0.29) is 5.91 Å². The van der Waals surface area contributed by atoms with Crippen LogP contribution >= 0.6 is 11.6 Å². The van der Waals surface area contributed by atoms with Crippen LogP contribution in [0.25, 0.3) is 0 Å². The van der Waals surface area contributed by atoms with Crippen molar-refractivity contribution < 1.29 is 4.79 Å². The van der Waals surface area contributed by atoms with Crippen LogP contribution in [0.3, 0.4) is 0 Å². The summed E-state index contributed by atoms with van der Waals surface area (Å²) in [7, 11) is 0. The number of hydrogen-bond acceptors (Lipinski definition) is 3. The van der Waals surface area contributed by atoms with Crippen LogP contribution in [-0.2, 0) is 0 Å². The third kappa shape index (κ3) is 4.24. The number of benzene rings is 1. The number of rotatable bonds is 5. The Morgan fingerprint density at radius 1 is 1.20 bits per heavy atom. The van der Waals surface area contributed by atoms with E-state index >= 15 is 0 Å². The first kappa shape index (κ1) is 14.3. The summed E-state index contributed by atoms with van der Waals surface area (Å²) in [6, 6.07) is 11.1. The molecule has 0 atom stereocenters. The summed E-state index contributed by atoms with van der Waals surface area (Å²) in [6.07, 6.45) is 1.63. The maximum atomic E-state index is 11.9. The van der Waals surface area contributed by atoms with Gasteiger partial charge in [-0.3, -0.25) is 4.79 Å². The molecule has 0 bridgehead atoms. The summed E-state index contributed by atoms with van der Waals surface area (Å²) in [5.74, 6) is -0.0699. The quantitative estimate of drug-likeness (QED) is 0.657. The molecule has 0 saturated carbocycles. The van der Waals surface area contributed by atoms with Gasteiger partial charge in [0.25, 0.3) is 5.91 Å². The molecule has 0 unspecified atom stereocenters. The number of aromatic nitrogens is 1. The van der Waals surface area contributed by atoms with E-state index in [9.17, 15) is 4.79 Å². The topological polar surface area (TPSA) is 54.0 Å². The van der Waals surface area contributed by atoms with Crippen LogP contribution in [0.5, 0.6) is 0 Å². The monoisotopic (exact) mass is 289 g/mol. The van der Waals surface area contributed by atoms with Crippen LogP contribution in [0.2, 0.25) is 5.15 Å². The van der Waals surface area contributed by atoms with E-state index in [1.165, 1.54) is 0 Å². The van der Waals surface area contributed by atoms with Crippen molar-refractivity contribution in [1.29, 1.82) is 0 Å². The minimum atomic E-state index is -0.0699. The molecule has 0 spiro atoms. The molecule has 20 heavy (non-hydrogen) atoms. The second-order valence-electron chi connectivity index (χ2n) is 4.42. The van der Waals surface area contributed by atoms with Crippen molar-refractivity contribution >= 4 is 23.2 Å². The molecule has 5 heteroatoms. The normalized spacial score (nSPS) is 10.1. The summed E-state index contributed by atoms with van der Waals surface area (Å²) in [6.45, 7) is 3.15. The molecule has 4 nitrogen and oxygen atoms in total. The number of halogens is 1. The molecule has 0 radical (unpaired) electrons. The van der Waals surface area contributed by atoms with Crippen LogP contribution in [0.1, 0.15) is 15.9 Å². The standard InChI is InChI=1S/C15H16ClN3O/c1-11-2-4-12(5-3-11)15(20)19-9-8-17-13-6-7-18-14(16)10-13/h2-7,10H,8-9H2,1H3,(H,17,18)(H,19,20). The number of nitrogens with zero attached hydrogens (tertiary/aromatic N) is 1. The van der Waals surface area contributed by atoms with Gasteiger partial charge in [-0.1, -0.05) is 29.3 Å². The fourth-order valence-electron chi connectivity index (χ4n) is 1.70. The highest BCUT2D eigenvalue weighted by Crippen LogP contribution is 2.11. The fourth-order valence-corrected chi connectivity index (χ4v) is 1.88. The first-order valence-electron chi connectivity index (χ1n) is 6.35. The molecule has 0 aliphatic carbocycles. The maximum absolute atomic E-state index is 11.9. The summed E-state index contributed by atoms with van der Waals surface area (Å²) in [4.78, 5) is 15.8. The zero-order valence-electron chi connectivity index (χ0n) is 11.2. The molecule has 104 valence electrons. The Balaban J connectivity index is 1.76. The maximum Gasteiger partial charge on any atom is 0.251 e. The molecule has 1 heterocycles. The largest absolute Gasteiger partial charge is 0.383 e. The van der Waals surface area contributed by atoms with Gasteiger partial charge in [-0.15, -0.1) is 0 Å². The Labute approximate surface area is 123 Å². The molecule has 2 aromatic rings. The van der Waals surface area contributed by atoms with Gasteiger partial charge in [0, 0.05) is 30.5 Å². The molecular weight excluding hydrogens is 274 g/mol. The van der Waals surface area contributed by atoms with E-state index in [0.717, 1.165) is 11.3 Å². The van der Waals surface area contributed by atoms with E-state index in [1.807, 2.05) is 37.3 Å². The van der Waals surface area contributed by atoms with Gasteiger partial charge >= 0.3 is 0 Å². The lowest BCUT2D eigenvalue weighted by molar-refractivity contribution is 0.0955. The zero-order chi connectivity index (χ0) is 14.4. The van der Waals surface area contributed by atoms with Crippen LogP contribution < -0.4 is 10.6 Å². The molecule has 0 aliphatic rings. The highest BCUT2D eigenvalue weighted by Gasteiger charge is 2.03. The van der Waals surface area contributed by atoms with Gasteiger partial charge in [0.05, 0.1) is 0 Å². The molecule has 0 aliphatic heterocycles. The van der Waals surface area contributed by atoms with E-state index < -0.39 is 0 Å². The third-order valence-corrected chi connectivity index (χ3v) is 2.99. The van der Waals surface area contributed by atoms with Crippen molar-refractivity contribution in [2.45, 2.75) is 6.92 Å². The number of aryl methyl sites for hydroxylation is 1. The van der Waals surface area contributed by atoms with Crippen molar-refractivity contribution in [3.63, 3.8) is 0 Å². The van der Waals surface area contributed by atoms with Crippen molar-refractivity contribution in [2.75, 3.05) is 18.4 Å². The van der Waals surface area contributed by atoms with Crippen LogP contribution in [-0.4, -0.2) is 24.0 Å². The molecule has 0 saturated heterocycles. The molecule has 1 aromatic carbocycles. The highest BCUT2D eigenvalue weighted by atomic mass is 35.5. The number of anilines is 1. The van der Waals surface area contributed by atoms with Gasteiger partial charge in [0.15, 0.2) is 0 Å². The first-order chi connectivity index (χ1) is 9.65. The number of amides is 1. The predicted molar refractivity (Wildman–Crippen MR) is 81.2 cm³/mol. The lowest BCUT2D eigenvalue weighted by atomic mass is 10.1. The van der Waals surface area contributed by atoms with Crippen LogP contribution in [0, 0.1) is 6.92 Å². The lowest BCUT2D eigenvalue weighted by Gasteiger charge is -2.08. The summed E-state index contributed by atoms with van der Waals surface area (Å²) in [5.41, 5.74) is 2.69. The smallest absolute Gasteiger partial charge is 0.251 e. The van der Waals surface area contributed by atoms with Gasteiger partial charge in [0.2, 0.25) is 0 Å². The minimum Gasteiger partial charge on any atom is -0.383 e. The molecule has 2 rings (SSSR count). The second-order valence-corrected chi connectivity index (χ2v) is 4.80. The van der Waals surface area contributed by atoms with Gasteiger partial charge in [-0.2, -0.15) is 0 Å². The average molecular weight is 290 g/mol. The van der Waals surface area contributed by atoms with Gasteiger partial charge < -0.3 is 10.6 Å².